The monoisotopic (exact) mass is 226 g/mol. The summed E-state index contributed by atoms with van der Waals surface area (Å²) in [5.41, 5.74) is 0.879. The van der Waals surface area contributed by atoms with Crippen molar-refractivity contribution in [1.29, 1.82) is 0 Å². The molecule has 2 rings (SSSR count). The third-order valence-corrected chi connectivity index (χ3v) is 2.86. The van der Waals surface area contributed by atoms with Gasteiger partial charge in [0, 0.05) is 11.6 Å². The Kier molecular flexibility index (Phi) is 2.93. The van der Waals surface area contributed by atoms with E-state index in [4.69, 9.17) is 21.4 Å². The van der Waals surface area contributed by atoms with Gasteiger partial charge in [-0.05, 0) is 24.1 Å². The summed E-state index contributed by atoms with van der Waals surface area (Å²) < 4.78 is 5.43. The molecule has 0 bridgehead atoms. The van der Waals surface area contributed by atoms with E-state index in [0.717, 1.165) is 5.56 Å². The zero-order chi connectivity index (χ0) is 10.8. The summed E-state index contributed by atoms with van der Waals surface area (Å²) in [5.74, 6) is -1.24. The van der Waals surface area contributed by atoms with Crippen molar-refractivity contribution in [3.05, 3.63) is 34.9 Å². The second-order valence-electron chi connectivity index (χ2n) is 3.58. The fourth-order valence-electron chi connectivity index (χ4n) is 1.82. The predicted molar refractivity (Wildman–Crippen MR) is 55.9 cm³/mol. The van der Waals surface area contributed by atoms with Gasteiger partial charge in [0.2, 0.25) is 0 Å². The maximum Gasteiger partial charge on any atom is 0.309 e. The molecule has 1 aliphatic heterocycles. The van der Waals surface area contributed by atoms with Crippen molar-refractivity contribution in [2.45, 2.75) is 12.5 Å². The molecule has 1 N–H and O–H groups in total. The van der Waals surface area contributed by atoms with Gasteiger partial charge < -0.3 is 9.84 Å². The van der Waals surface area contributed by atoms with Gasteiger partial charge in [-0.1, -0.05) is 23.7 Å². The van der Waals surface area contributed by atoms with E-state index in [1.807, 2.05) is 12.1 Å². The lowest BCUT2D eigenvalue weighted by molar-refractivity contribution is -0.143. The van der Waals surface area contributed by atoms with E-state index in [1.165, 1.54) is 0 Å². The molecule has 0 aliphatic carbocycles. The normalized spacial score (nSPS) is 25.4. The van der Waals surface area contributed by atoms with Crippen LogP contribution in [-0.4, -0.2) is 17.7 Å². The fraction of sp³-hybridized carbons (Fsp3) is 0.364. The van der Waals surface area contributed by atoms with E-state index < -0.39 is 11.9 Å². The average molecular weight is 227 g/mol. The second-order valence-corrected chi connectivity index (χ2v) is 4.01. The van der Waals surface area contributed by atoms with E-state index in [-0.39, 0.29) is 6.10 Å². The summed E-state index contributed by atoms with van der Waals surface area (Å²) in [5, 5.41) is 9.64. The van der Waals surface area contributed by atoms with Crippen LogP contribution < -0.4 is 0 Å². The van der Waals surface area contributed by atoms with Gasteiger partial charge in [0.15, 0.2) is 0 Å². The average Bonchev–Trinajstić information content (AvgIpc) is 2.67. The van der Waals surface area contributed by atoms with Gasteiger partial charge in [-0.3, -0.25) is 4.79 Å². The van der Waals surface area contributed by atoms with E-state index in [1.54, 1.807) is 12.1 Å². The van der Waals surface area contributed by atoms with Crippen molar-refractivity contribution < 1.29 is 14.6 Å². The first-order valence-electron chi connectivity index (χ1n) is 4.78. The zero-order valence-electron chi connectivity index (χ0n) is 8.02. The van der Waals surface area contributed by atoms with Crippen LogP contribution in [0.4, 0.5) is 0 Å². The molecule has 0 unspecified atom stereocenters. The van der Waals surface area contributed by atoms with Crippen LogP contribution in [0.2, 0.25) is 5.02 Å². The number of rotatable bonds is 2. The number of carbonyl (C=O) groups is 1. The van der Waals surface area contributed by atoms with Crippen LogP contribution in [0.1, 0.15) is 18.1 Å². The summed E-state index contributed by atoms with van der Waals surface area (Å²) in [4.78, 5) is 10.9. The van der Waals surface area contributed by atoms with E-state index in [0.29, 0.717) is 18.1 Å². The quantitative estimate of drug-likeness (QED) is 0.843. The molecule has 3 nitrogen and oxygen atoms in total. The van der Waals surface area contributed by atoms with Gasteiger partial charge >= 0.3 is 5.97 Å². The van der Waals surface area contributed by atoms with Crippen LogP contribution in [0.15, 0.2) is 24.3 Å². The smallest absolute Gasteiger partial charge is 0.309 e. The maximum absolute atomic E-state index is 10.9. The molecule has 2 atom stereocenters. The highest BCUT2D eigenvalue weighted by molar-refractivity contribution is 6.30. The lowest BCUT2D eigenvalue weighted by atomic mass is 9.96. The predicted octanol–water partition coefficient (Wildman–Crippen LogP) is 2.50. The Labute approximate surface area is 92.6 Å². The topological polar surface area (TPSA) is 46.5 Å². The molecule has 4 heteroatoms. The first-order valence-corrected chi connectivity index (χ1v) is 5.16. The molecular weight excluding hydrogens is 216 g/mol. The summed E-state index contributed by atoms with van der Waals surface area (Å²) in [7, 11) is 0. The third kappa shape index (κ3) is 2.13. The highest BCUT2D eigenvalue weighted by Crippen LogP contribution is 2.34. The third-order valence-electron chi connectivity index (χ3n) is 2.61. The molecular formula is C11H11ClO3. The standard InChI is InChI=1S/C11H11ClO3/c12-8-3-1-7(2-4-8)10-9(11(13)14)5-6-15-10/h1-4,9-10H,5-6H2,(H,13,14)/t9-,10+/m0/s1. The number of halogens is 1. The van der Waals surface area contributed by atoms with Crippen LogP contribution in [0.25, 0.3) is 0 Å². The van der Waals surface area contributed by atoms with Crippen LogP contribution >= 0.6 is 11.6 Å². The zero-order valence-corrected chi connectivity index (χ0v) is 8.78. The van der Waals surface area contributed by atoms with Crippen molar-refractivity contribution in [3.8, 4) is 0 Å². The fourth-order valence-corrected chi connectivity index (χ4v) is 1.95. The summed E-state index contributed by atoms with van der Waals surface area (Å²) in [6.45, 7) is 0.504. The Morgan fingerprint density at radius 3 is 2.67 bits per heavy atom. The molecule has 0 aromatic heterocycles. The van der Waals surface area contributed by atoms with Crippen molar-refractivity contribution in [1.82, 2.24) is 0 Å². The van der Waals surface area contributed by atoms with Gasteiger partial charge in [-0.25, -0.2) is 0 Å². The summed E-state index contributed by atoms with van der Waals surface area (Å²) in [6, 6.07) is 7.12. The molecule has 80 valence electrons. The molecule has 1 aromatic rings. The SMILES string of the molecule is O=C(O)[C@H]1CCO[C@@H]1c1ccc(Cl)cc1. The molecule has 0 saturated carbocycles. The first-order chi connectivity index (χ1) is 7.18. The number of ether oxygens (including phenoxy) is 1. The lowest BCUT2D eigenvalue weighted by Gasteiger charge is -2.15. The van der Waals surface area contributed by atoms with Crippen molar-refractivity contribution in [2.24, 2.45) is 5.92 Å². The van der Waals surface area contributed by atoms with Crippen LogP contribution in [0, 0.1) is 5.92 Å². The van der Waals surface area contributed by atoms with Gasteiger partial charge in [0.1, 0.15) is 0 Å². The number of hydrogen-bond acceptors (Lipinski definition) is 2. The number of benzene rings is 1. The van der Waals surface area contributed by atoms with Crippen molar-refractivity contribution >= 4 is 17.6 Å². The van der Waals surface area contributed by atoms with Crippen LogP contribution in [-0.2, 0) is 9.53 Å². The first kappa shape index (κ1) is 10.5. The molecule has 0 spiro atoms. The number of aliphatic carboxylic acids is 1. The Morgan fingerprint density at radius 2 is 2.07 bits per heavy atom. The summed E-state index contributed by atoms with van der Waals surface area (Å²) in [6.07, 6.45) is 0.239. The highest BCUT2D eigenvalue weighted by Gasteiger charge is 2.34. The van der Waals surface area contributed by atoms with E-state index in [2.05, 4.69) is 0 Å². The van der Waals surface area contributed by atoms with Crippen LogP contribution in [0.3, 0.4) is 0 Å². The number of carboxylic acids is 1. The molecule has 15 heavy (non-hydrogen) atoms. The Balaban J connectivity index is 2.22. The largest absolute Gasteiger partial charge is 0.481 e. The highest BCUT2D eigenvalue weighted by atomic mass is 35.5. The Hall–Kier alpha value is -1.06. The Morgan fingerprint density at radius 1 is 1.40 bits per heavy atom. The number of hydrogen-bond donors (Lipinski definition) is 1. The Bertz CT molecular complexity index is 361. The minimum atomic E-state index is -0.799. The molecule has 0 radical (unpaired) electrons. The molecule has 1 saturated heterocycles. The second kappa shape index (κ2) is 4.21. The molecule has 1 heterocycles. The molecule has 1 fully saturated rings. The van der Waals surface area contributed by atoms with Gasteiger partial charge in [-0.15, -0.1) is 0 Å². The molecule has 1 aromatic carbocycles. The van der Waals surface area contributed by atoms with Gasteiger partial charge in [0.05, 0.1) is 12.0 Å². The van der Waals surface area contributed by atoms with Gasteiger partial charge in [0.25, 0.3) is 0 Å². The minimum absolute atomic E-state index is 0.334. The van der Waals surface area contributed by atoms with Crippen LogP contribution in [0.5, 0.6) is 0 Å². The number of carboxylic acid groups (broad SMARTS) is 1. The molecule has 1 aliphatic rings. The summed E-state index contributed by atoms with van der Waals surface area (Å²) >= 11 is 5.76. The van der Waals surface area contributed by atoms with E-state index >= 15 is 0 Å². The maximum atomic E-state index is 10.9. The van der Waals surface area contributed by atoms with E-state index in [9.17, 15) is 4.79 Å². The molecule has 0 amide bonds. The van der Waals surface area contributed by atoms with Gasteiger partial charge in [-0.2, -0.15) is 0 Å². The lowest BCUT2D eigenvalue weighted by Crippen LogP contribution is -2.17. The minimum Gasteiger partial charge on any atom is -0.481 e. The van der Waals surface area contributed by atoms with Crippen molar-refractivity contribution in [2.75, 3.05) is 6.61 Å². The van der Waals surface area contributed by atoms with Crippen molar-refractivity contribution in [3.63, 3.8) is 0 Å².